The lowest BCUT2D eigenvalue weighted by Crippen LogP contribution is -2.21. The van der Waals surface area contributed by atoms with E-state index in [-0.39, 0.29) is 16.7 Å². The Bertz CT molecular complexity index is 597. The number of anilines is 1. The smallest absolute Gasteiger partial charge is 0.345 e. The zero-order valence-electron chi connectivity index (χ0n) is 10.6. The highest BCUT2D eigenvalue weighted by Crippen LogP contribution is 2.30. The molecule has 100 valence electrons. The molecule has 0 spiro atoms. The predicted molar refractivity (Wildman–Crippen MR) is 74.5 cm³/mol. The van der Waals surface area contributed by atoms with Gasteiger partial charge in [0, 0.05) is 23.7 Å². The summed E-state index contributed by atoms with van der Waals surface area (Å²) in [4.78, 5) is 13.0. The summed E-state index contributed by atoms with van der Waals surface area (Å²) < 4.78 is 13.7. The van der Waals surface area contributed by atoms with Gasteiger partial charge in [-0.1, -0.05) is 18.2 Å². The number of carbonyl (C=O) groups is 1. The zero-order chi connectivity index (χ0) is 14.0. The quantitative estimate of drug-likeness (QED) is 0.925. The predicted octanol–water partition coefficient (Wildman–Crippen LogP) is 3.78. The Morgan fingerprint density at radius 2 is 2.11 bits per heavy atom. The van der Waals surface area contributed by atoms with E-state index in [9.17, 15) is 9.18 Å². The van der Waals surface area contributed by atoms with E-state index in [2.05, 4.69) is 0 Å². The molecular weight excluding hydrogens is 265 g/mol. The second-order valence-corrected chi connectivity index (χ2v) is 5.19. The maximum absolute atomic E-state index is 13.7. The molecule has 0 saturated heterocycles. The molecule has 1 atom stereocenters. The number of halogens is 1. The van der Waals surface area contributed by atoms with Gasteiger partial charge in [0.25, 0.3) is 0 Å². The van der Waals surface area contributed by atoms with Crippen LogP contribution in [-0.2, 0) is 0 Å². The monoisotopic (exact) mass is 279 g/mol. The molecule has 0 radical (unpaired) electrons. The van der Waals surface area contributed by atoms with Crippen LogP contribution in [0.25, 0.3) is 0 Å². The Hall–Kier alpha value is -1.88. The van der Waals surface area contributed by atoms with Crippen molar-refractivity contribution < 1.29 is 14.3 Å². The molecule has 2 rings (SSSR count). The van der Waals surface area contributed by atoms with Gasteiger partial charge in [0.2, 0.25) is 0 Å². The van der Waals surface area contributed by atoms with Crippen molar-refractivity contribution in [3.05, 3.63) is 52.0 Å². The summed E-state index contributed by atoms with van der Waals surface area (Å²) in [5, 5.41) is 10.7. The molecule has 0 fully saturated rings. The van der Waals surface area contributed by atoms with Crippen molar-refractivity contribution in [1.29, 1.82) is 0 Å². The first-order chi connectivity index (χ1) is 9.00. The lowest BCUT2D eigenvalue weighted by atomic mass is 10.1. The van der Waals surface area contributed by atoms with Crippen molar-refractivity contribution in [3.8, 4) is 0 Å². The van der Waals surface area contributed by atoms with Gasteiger partial charge < -0.3 is 10.0 Å². The lowest BCUT2D eigenvalue weighted by molar-refractivity contribution is 0.0702. The summed E-state index contributed by atoms with van der Waals surface area (Å²) in [6.07, 6.45) is 0. The molecule has 0 aliphatic heterocycles. The second-order valence-electron chi connectivity index (χ2n) is 4.28. The van der Waals surface area contributed by atoms with Crippen LogP contribution in [0.5, 0.6) is 0 Å². The van der Waals surface area contributed by atoms with Gasteiger partial charge in [-0.15, -0.1) is 11.3 Å². The van der Waals surface area contributed by atoms with Gasteiger partial charge in [0.05, 0.1) is 6.04 Å². The molecule has 0 amide bonds. The first kappa shape index (κ1) is 13.5. The molecular formula is C14H14FNO2S. The van der Waals surface area contributed by atoms with Crippen LogP contribution in [0.4, 0.5) is 10.1 Å². The van der Waals surface area contributed by atoms with Gasteiger partial charge in [0.15, 0.2) is 0 Å². The molecule has 1 N–H and O–H groups in total. The van der Waals surface area contributed by atoms with Crippen molar-refractivity contribution in [3.63, 3.8) is 0 Å². The van der Waals surface area contributed by atoms with Crippen LogP contribution in [0.1, 0.15) is 28.2 Å². The number of hydrogen-bond acceptors (Lipinski definition) is 3. The van der Waals surface area contributed by atoms with E-state index in [0.717, 1.165) is 5.69 Å². The number of hydrogen-bond donors (Lipinski definition) is 1. The van der Waals surface area contributed by atoms with E-state index in [0.29, 0.717) is 5.56 Å². The van der Waals surface area contributed by atoms with Gasteiger partial charge in [0.1, 0.15) is 10.7 Å². The van der Waals surface area contributed by atoms with Gasteiger partial charge in [-0.3, -0.25) is 0 Å². The molecule has 0 bridgehead atoms. The average Bonchev–Trinajstić information content (AvgIpc) is 2.87. The summed E-state index contributed by atoms with van der Waals surface area (Å²) >= 11 is 1.17. The number of carboxylic acids is 1. The van der Waals surface area contributed by atoms with Crippen LogP contribution in [-0.4, -0.2) is 18.1 Å². The largest absolute Gasteiger partial charge is 0.477 e. The van der Waals surface area contributed by atoms with Crippen LogP contribution < -0.4 is 4.90 Å². The molecule has 0 saturated carbocycles. The molecule has 1 heterocycles. The normalized spacial score (nSPS) is 12.2. The van der Waals surface area contributed by atoms with Gasteiger partial charge in [-0.05, 0) is 19.1 Å². The van der Waals surface area contributed by atoms with Crippen LogP contribution in [0.2, 0.25) is 0 Å². The summed E-state index contributed by atoms with van der Waals surface area (Å²) in [6, 6.07) is 8.04. The highest BCUT2D eigenvalue weighted by molar-refractivity contribution is 7.12. The molecule has 0 aliphatic carbocycles. The summed E-state index contributed by atoms with van der Waals surface area (Å²) in [6.45, 7) is 1.89. The Labute approximate surface area is 114 Å². The first-order valence-electron chi connectivity index (χ1n) is 5.79. The molecule has 3 nitrogen and oxygen atoms in total. The third-order valence-electron chi connectivity index (χ3n) is 3.14. The molecule has 19 heavy (non-hydrogen) atoms. The molecule has 1 aromatic heterocycles. The minimum atomic E-state index is -0.941. The highest BCUT2D eigenvalue weighted by Gasteiger charge is 2.18. The number of rotatable bonds is 4. The van der Waals surface area contributed by atoms with Crippen molar-refractivity contribution in [2.24, 2.45) is 0 Å². The van der Waals surface area contributed by atoms with E-state index >= 15 is 0 Å². The fourth-order valence-corrected chi connectivity index (χ4v) is 2.64. The van der Waals surface area contributed by atoms with E-state index < -0.39 is 5.97 Å². The summed E-state index contributed by atoms with van der Waals surface area (Å²) in [5.74, 6) is -1.20. The maximum Gasteiger partial charge on any atom is 0.345 e. The first-order valence-corrected chi connectivity index (χ1v) is 6.67. The van der Waals surface area contributed by atoms with Crippen molar-refractivity contribution in [1.82, 2.24) is 0 Å². The van der Waals surface area contributed by atoms with Crippen molar-refractivity contribution in [2.45, 2.75) is 13.0 Å². The lowest BCUT2D eigenvalue weighted by Gasteiger charge is -2.26. The highest BCUT2D eigenvalue weighted by atomic mass is 32.1. The average molecular weight is 279 g/mol. The fraction of sp³-hybridized carbons (Fsp3) is 0.214. The Balaban J connectivity index is 2.25. The fourth-order valence-electron chi connectivity index (χ4n) is 1.87. The third-order valence-corrected chi connectivity index (χ3v) is 4.05. The van der Waals surface area contributed by atoms with Crippen molar-refractivity contribution >= 4 is 23.0 Å². The van der Waals surface area contributed by atoms with E-state index in [1.165, 1.54) is 17.4 Å². The van der Waals surface area contributed by atoms with Gasteiger partial charge in [-0.25, -0.2) is 9.18 Å². The van der Waals surface area contributed by atoms with Crippen LogP contribution in [0.3, 0.4) is 0 Å². The molecule has 1 unspecified atom stereocenters. The van der Waals surface area contributed by atoms with Crippen molar-refractivity contribution in [2.75, 3.05) is 11.9 Å². The minimum absolute atomic E-state index is 0.169. The Morgan fingerprint density at radius 3 is 2.68 bits per heavy atom. The number of thiophene rings is 1. The third kappa shape index (κ3) is 2.76. The standard InChI is InChI=1S/C14H14FNO2S/c1-9(11-5-3-4-6-12(11)15)16(2)10-7-13(14(17)18)19-8-10/h3-9H,1-2H3,(H,17,18). The van der Waals surface area contributed by atoms with E-state index in [4.69, 9.17) is 5.11 Å². The van der Waals surface area contributed by atoms with Gasteiger partial charge in [-0.2, -0.15) is 0 Å². The van der Waals surface area contributed by atoms with Gasteiger partial charge >= 0.3 is 5.97 Å². The number of aromatic carboxylic acids is 1. The molecule has 5 heteroatoms. The Morgan fingerprint density at radius 1 is 1.42 bits per heavy atom. The number of carboxylic acid groups (broad SMARTS) is 1. The maximum atomic E-state index is 13.7. The molecule has 1 aromatic carbocycles. The number of nitrogens with zero attached hydrogens (tertiary/aromatic N) is 1. The van der Waals surface area contributed by atoms with E-state index in [1.807, 2.05) is 18.9 Å². The minimum Gasteiger partial charge on any atom is -0.477 e. The van der Waals surface area contributed by atoms with Crippen LogP contribution >= 0.6 is 11.3 Å². The molecule has 0 aliphatic rings. The number of benzene rings is 1. The van der Waals surface area contributed by atoms with Crippen LogP contribution in [0, 0.1) is 5.82 Å². The molecule has 2 aromatic rings. The zero-order valence-corrected chi connectivity index (χ0v) is 11.4. The summed E-state index contributed by atoms with van der Waals surface area (Å²) in [7, 11) is 1.82. The SMILES string of the molecule is CC(c1ccccc1F)N(C)c1csc(C(=O)O)c1. The van der Waals surface area contributed by atoms with Crippen LogP contribution in [0.15, 0.2) is 35.7 Å². The van der Waals surface area contributed by atoms with E-state index in [1.54, 1.807) is 29.6 Å². The Kier molecular flexibility index (Phi) is 3.85. The second kappa shape index (κ2) is 5.40. The topological polar surface area (TPSA) is 40.5 Å². The summed E-state index contributed by atoms with van der Waals surface area (Å²) in [5.41, 5.74) is 1.37.